The van der Waals surface area contributed by atoms with Gasteiger partial charge in [0.15, 0.2) is 0 Å². The maximum atomic E-state index is 10.5. The maximum absolute atomic E-state index is 10.5. The summed E-state index contributed by atoms with van der Waals surface area (Å²) in [6.45, 7) is 9.86. The highest BCUT2D eigenvalue weighted by Crippen LogP contribution is 2.09. The van der Waals surface area contributed by atoms with Crippen molar-refractivity contribution < 1.29 is 9.53 Å². The zero-order chi connectivity index (χ0) is 11.0. The first kappa shape index (κ1) is 12.9. The summed E-state index contributed by atoms with van der Waals surface area (Å²) >= 11 is 0. The van der Waals surface area contributed by atoms with Crippen LogP contribution in [0.1, 0.15) is 33.6 Å². The molecule has 0 aliphatic rings. The molecule has 80 valence electrons. The van der Waals surface area contributed by atoms with Crippen molar-refractivity contribution in [2.75, 3.05) is 6.61 Å². The Morgan fingerprint density at radius 2 is 2.14 bits per heavy atom. The molecule has 0 fully saturated rings. The number of carbonyl (C=O) groups excluding carboxylic acids is 1. The molecule has 0 unspecified atom stereocenters. The zero-order valence-corrected chi connectivity index (χ0v) is 9.38. The van der Waals surface area contributed by atoms with Crippen LogP contribution in [-0.4, -0.2) is 12.6 Å². The van der Waals surface area contributed by atoms with Crippen LogP contribution < -0.4 is 0 Å². The summed E-state index contributed by atoms with van der Waals surface area (Å²) in [6.07, 6.45) is 6.05. The van der Waals surface area contributed by atoms with Crippen LogP contribution >= 0.6 is 0 Å². The van der Waals surface area contributed by atoms with E-state index in [0.717, 1.165) is 18.4 Å². The van der Waals surface area contributed by atoms with Crippen LogP contribution in [0.25, 0.3) is 0 Å². The lowest BCUT2D eigenvalue weighted by molar-refractivity contribution is -0.141. The minimum absolute atomic E-state index is 0.199. The molecule has 0 N–H and O–H groups in total. The fourth-order valence-corrected chi connectivity index (χ4v) is 1.02. The fourth-order valence-electron chi connectivity index (χ4n) is 1.02. The Labute approximate surface area is 86.6 Å². The quantitative estimate of drug-likeness (QED) is 0.482. The van der Waals surface area contributed by atoms with Crippen molar-refractivity contribution in [1.29, 1.82) is 0 Å². The summed E-state index contributed by atoms with van der Waals surface area (Å²) in [5.74, 6) is 0.347. The molecule has 0 saturated carbocycles. The lowest BCUT2D eigenvalue weighted by Crippen LogP contribution is -2.04. The van der Waals surface area contributed by atoms with Crippen LogP contribution in [0, 0.1) is 5.92 Å². The van der Waals surface area contributed by atoms with Gasteiger partial charge in [-0.05, 0) is 25.7 Å². The van der Waals surface area contributed by atoms with Gasteiger partial charge in [-0.1, -0.05) is 31.2 Å². The minimum atomic E-state index is -0.199. The number of allylic oxidation sites excluding steroid dienone is 3. The molecule has 0 aliphatic carbocycles. The first-order chi connectivity index (χ1) is 6.52. The van der Waals surface area contributed by atoms with E-state index in [4.69, 9.17) is 4.74 Å². The molecule has 0 saturated heterocycles. The van der Waals surface area contributed by atoms with E-state index in [0.29, 0.717) is 12.5 Å². The maximum Gasteiger partial charge on any atom is 0.302 e. The molecule has 0 radical (unpaired) electrons. The third-order valence-electron chi connectivity index (χ3n) is 1.86. The predicted octanol–water partition coefficient (Wildman–Crippen LogP) is 3.10. The van der Waals surface area contributed by atoms with Crippen LogP contribution in [0.15, 0.2) is 24.3 Å². The van der Waals surface area contributed by atoms with Gasteiger partial charge in [0.25, 0.3) is 0 Å². The smallest absolute Gasteiger partial charge is 0.302 e. The molecule has 0 aromatic rings. The third-order valence-corrected chi connectivity index (χ3v) is 1.86. The van der Waals surface area contributed by atoms with E-state index in [2.05, 4.69) is 19.6 Å². The average molecular weight is 196 g/mol. The van der Waals surface area contributed by atoms with Gasteiger partial charge in [-0.25, -0.2) is 0 Å². The number of rotatable bonds is 6. The van der Waals surface area contributed by atoms with Crippen molar-refractivity contribution in [3.8, 4) is 0 Å². The number of carbonyl (C=O) groups is 1. The molecule has 0 aromatic carbocycles. The second-order valence-corrected chi connectivity index (χ2v) is 3.72. The van der Waals surface area contributed by atoms with Gasteiger partial charge < -0.3 is 4.74 Å². The van der Waals surface area contributed by atoms with Crippen LogP contribution in [0.3, 0.4) is 0 Å². The Bertz CT molecular complexity index is 216. The Hall–Kier alpha value is -1.05. The minimum Gasteiger partial charge on any atom is -0.466 e. The monoisotopic (exact) mass is 196 g/mol. The van der Waals surface area contributed by atoms with Crippen molar-refractivity contribution in [2.24, 2.45) is 5.92 Å². The van der Waals surface area contributed by atoms with E-state index < -0.39 is 0 Å². The Balaban J connectivity index is 3.50. The summed E-state index contributed by atoms with van der Waals surface area (Å²) < 4.78 is 4.86. The van der Waals surface area contributed by atoms with Gasteiger partial charge in [-0.3, -0.25) is 4.79 Å². The highest BCUT2D eigenvalue weighted by Gasteiger charge is 2.00. The molecular weight excluding hydrogens is 176 g/mol. The Kier molecular flexibility index (Phi) is 6.81. The topological polar surface area (TPSA) is 26.3 Å². The lowest BCUT2D eigenvalue weighted by Gasteiger charge is -2.07. The Morgan fingerprint density at radius 3 is 2.64 bits per heavy atom. The molecule has 0 amide bonds. The van der Waals surface area contributed by atoms with Gasteiger partial charge in [0, 0.05) is 6.92 Å². The second kappa shape index (κ2) is 7.36. The molecule has 2 nitrogen and oxygen atoms in total. The van der Waals surface area contributed by atoms with Crippen LogP contribution in [0.4, 0.5) is 0 Å². The molecule has 0 aliphatic heterocycles. The standard InChI is InChI=1S/C12H20O2/c1-10(2)6-5-7-11(3)8-9-14-12(4)13/h5-6,11H,1,7-9H2,2-4H3/b6-5+/t11-/m0/s1. The number of esters is 1. The summed E-state index contributed by atoms with van der Waals surface area (Å²) in [4.78, 5) is 10.5. The van der Waals surface area contributed by atoms with Crippen molar-refractivity contribution in [3.05, 3.63) is 24.3 Å². The van der Waals surface area contributed by atoms with E-state index in [9.17, 15) is 4.79 Å². The summed E-state index contributed by atoms with van der Waals surface area (Å²) in [6, 6.07) is 0. The summed E-state index contributed by atoms with van der Waals surface area (Å²) in [7, 11) is 0. The first-order valence-electron chi connectivity index (χ1n) is 4.97. The number of hydrogen-bond donors (Lipinski definition) is 0. The molecule has 0 rings (SSSR count). The van der Waals surface area contributed by atoms with E-state index in [-0.39, 0.29) is 5.97 Å². The van der Waals surface area contributed by atoms with Crippen molar-refractivity contribution in [1.82, 2.24) is 0 Å². The van der Waals surface area contributed by atoms with Crippen molar-refractivity contribution in [3.63, 3.8) is 0 Å². The number of ether oxygens (including phenoxy) is 1. The predicted molar refractivity (Wildman–Crippen MR) is 59.0 cm³/mol. The van der Waals surface area contributed by atoms with Crippen LogP contribution in [0.5, 0.6) is 0 Å². The SMILES string of the molecule is C=C(C)/C=C/C[C@H](C)CCOC(C)=O. The molecule has 0 bridgehead atoms. The Morgan fingerprint density at radius 1 is 1.50 bits per heavy atom. The summed E-state index contributed by atoms with van der Waals surface area (Å²) in [5.41, 5.74) is 1.07. The highest BCUT2D eigenvalue weighted by atomic mass is 16.5. The van der Waals surface area contributed by atoms with E-state index >= 15 is 0 Å². The second-order valence-electron chi connectivity index (χ2n) is 3.72. The molecule has 0 spiro atoms. The molecular formula is C12H20O2. The van der Waals surface area contributed by atoms with E-state index in [1.165, 1.54) is 6.92 Å². The largest absolute Gasteiger partial charge is 0.466 e. The van der Waals surface area contributed by atoms with Gasteiger partial charge in [-0.15, -0.1) is 0 Å². The van der Waals surface area contributed by atoms with E-state index in [1.807, 2.05) is 13.0 Å². The van der Waals surface area contributed by atoms with Gasteiger partial charge in [0.2, 0.25) is 0 Å². The van der Waals surface area contributed by atoms with Gasteiger partial charge in [-0.2, -0.15) is 0 Å². The van der Waals surface area contributed by atoms with Gasteiger partial charge in [0.1, 0.15) is 0 Å². The fraction of sp³-hybridized carbons (Fsp3) is 0.583. The first-order valence-corrected chi connectivity index (χ1v) is 4.97. The normalized spacial score (nSPS) is 12.8. The lowest BCUT2D eigenvalue weighted by atomic mass is 10.0. The molecule has 0 heterocycles. The highest BCUT2D eigenvalue weighted by molar-refractivity contribution is 5.65. The van der Waals surface area contributed by atoms with E-state index in [1.54, 1.807) is 0 Å². The summed E-state index contributed by atoms with van der Waals surface area (Å²) in [5, 5.41) is 0. The number of hydrogen-bond acceptors (Lipinski definition) is 2. The van der Waals surface area contributed by atoms with Gasteiger partial charge in [0.05, 0.1) is 6.61 Å². The van der Waals surface area contributed by atoms with Gasteiger partial charge >= 0.3 is 5.97 Å². The van der Waals surface area contributed by atoms with Crippen molar-refractivity contribution in [2.45, 2.75) is 33.6 Å². The molecule has 2 heteroatoms. The zero-order valence-electron chi connectivity index (χ0n) is 9.38. The molecule has 0 aromatic heterocycles. The van der Waals surface area contributed by atoms with Crippen molar-refractivity contribution >= 4 is 5.97 Å². The molecule has 1 atom stereocenters. The van der Waals surface area contributed by atoms with Crippen LogP contribution in [-0.2, 0) is 9.53 Å². The average Bonchev–Trinajstić information content (AvgIpc) is 2.02. The molecule has 14 heavy (non-hydrogen) atoms. The third kappa shape index (κ3) is 9.04. The van der Waals surface area contributed by atoms with Crippen LogP contribution in [0.2, 0.25) is 0 Å².